The quantitative estimate of drug-likeness (QED) is 0.474. The molecule has 1 amide bonds. The Hall–Kier alpha value is -3.26. The number of nitrogens with one attached hydrogen (secondary N) is 1. The Balaban J connectivity index is 2.19. The lowest BCUT2D eigenvalue weighted by atomic mass is 10.1. The van der Waals surface area contributed by atoms with E-state index in [4.69, 9.17) is 10.5 Å². The van der Waals surface area contributed by atoms with E-state index in [1.54, 1.807) is 24.3 Å². The third-order valence-corrected chi connectivity index (χ3v) is 3.29. The van der Waals surface area contributed by atoms with Gasteiger partial charge in [0, 0.05) is 22.9 Å². The maximum atomic E-state index is 12.2. The standard InChI is InChI=1S/C16H15N3O5/c1-24-15-7-4-11(8-13(15)19(22)23)16(21)18-12-5-2-10(3-6-12)14(20)9-17/h2-8H,9,17H2,1H3,(H,18,21). The molecule has 0 saturated heterocycles. The van der Waals surface area contributed by atoms with E-state index in [0.29, 0.717) is 11.3 Å². The highest BCUT2D eigenvalue weighted by molar-refractivity contribution is 6.05. The third-order valence-electron chi connectivity index (χ3n) is 3.29. The van der Waals surface area contributed by atoms with Crippen LogP contribution in [0.3, 0.4) is 0 Å². The molecule has 0 unspecified atom stereocenters. The van der Waals surface area contributed by atoms with Crippen molar-refractivity contribution in [2.24, 2.45) is 5.73 Å². The first-order chi connectivity index (χ1) is 11.5. The Bertz CT molecular complexity index is 787. The van der Waals surface area contributed by atoms with Crippen molar-refractivity contribution in [1.82, 2.24) is 0 Å². The predicted octanol–water partition coefficient (Wildman–Crippen LogP) is 2.00. The summed E-state index contributed by atoms with van der Waals surface area (Å²) in [7, 11) is 1.31. The molecule has 8 heteroatoms. The summed E-state index contributed by atoms with van der Waals surface area (Å²) < 4.78 is 4.89. The molecule has 0 radical (unpaired) electrons. The molecule has 0 fully saturated rings. The number of Topliss-reactive ketones (excluding diaryl/α,β-unsaturated/α-hetero) is 1. The number of ether oxygens (including phenoxy) is 1. The number of ketones is 1. The van der Waals surface area contributed by atoms with Gasteiger partial charge in [-0.1, -0.05) is 0 Å². The Labute approximate surface area is 137 Å². The summed E-state index contributed by atoms with van der Waals surface area (Å²) >= 11 is 0. The number of rotatable bonds is 6. The summed E-state index contributed by atoms with van der Waals surface area (Å²) in [5.74, 6) is -0.654. The van der Waals surface area contributed by atoms with Crippen LogP contribution < -0.4 is 15.8 Å². The average Bonchev–Trinajstić information content (AvgIpc) is 2.60. The van der Waals surface area contributed by atoms with Gasteiger partial charge in [-0.05, 0) is 36.4 Å². The van der Waals surface area contributed by atoms with Gasteiger partial charge in [0.1, 0.15) is 0 Å². The number of benzene rings is 2. The van der Waals surface area contributed by atoms with Crippen LogP contribution in [0.2, 0.25) is 0 Å². The minimum absolute atomic E-state index is 0.0706. The number of nitrogens with zero attached hydrogens (tertiary/aromatic N) is 1. The molecule has 124 valence electrons. The fraction of sp³-hybridized carbons (Fsp3) is 0.125. The molecule has 2 aromatic carbocycles. The largest absolute Gasteiger partial charge is 0.490 e. The molecule has 0 bridgehead atoms. The maximum Gasteiger partial charge on any atom is 0.311 e. The van der Waals surface area contributed by atoms with Crippen molar-refractivity contribution in [2.75, 3.05) is 19.0 Å². The topological polar surface area (TPSA) is 125 Å². The number of hydrogen-bond donors (Lipinski definition) is 2. The molecule has 3 N–H and O–H groups in total. The van der Waals surface area contributed by atoms with Gasteiger partial charge in [-0.3, -0.25) is 19.7 Å². The first kappa shape index (κ1) is 17.1. The molecule has 0 aliphatic heterocycles. The highest BCUT2D eigenvalue weighted by Crippen LogP contribution is 2.27. The van der Waals surface area contributed by atoms with E-state index >= 15 is 0 Å². The van der Waals surface area contributed by atoms with E-state index in [1.165, 1.54) is 19.2 Å². The monoisotopic (exact) mass is 329 g/mol. The average molecular weight is 329 g/mol. The van der Waals surface area contributed by atoms with Crippen molar-refractivity contribution in [3.63, 3.8) is 0 Å². The van der Waals surface area contributed by atoms with Crippen LogP contribution in [0.4, 0.5) is 11.4 Å². The molecule has 0 heterocycles. The van der Waals surface area contributed by atoms with Crippen molar-refractivity contribution in [3.05, 3.63) is 63.7 Å². The van der Waals surface area contributed by atoms with E-state index in [9.17, 15) is 19.7 Å². The lowest BCUT2D eigenvalue weighted by Crippen LogP contribution is -2.14. The van der Waals surface area contributed by atoms with Crippen molar-refractivity contribution < 1.29 is 19.2 Å². The number of methoxy groups -OCH3 is 1. The summed E-state index contributed by atoms with van der Waals surface area (Å²) in [6.07, 6.45) is 0. The number of carbonyl (C=O) groups excluding carboxylic acids is 2. The van der Waals surface area contributed by atoms with E-state index in [2.05, 4.69) is 5.32 Å². The minimum Gasteiger partial charge on any atom is -0.490 e. The summed E-state index contributed by atoms with van der Waals surface area (Å²) in [4.78, 5) is 34.0. The lowest BCUT2D eigenvalue weighted by Gasteiger charge is -2.07. The molecule has 2 aromatic rings. The fourth-order valence-electron chi connectivity index (χ4n) is 2.03. The van der Waals surface area contributed by atoms with Gasteiger partial charge in [0.25, 0.3) is 5.91 Å². The molecule has 0 aliphatic carbocycles. The normalized spacial score (nSPS) is 10.1. The van der Waals surface area contributed by atoms with Gasteiger partial charge in [-0.2, -0.15) is 0 Å². The van der Waals surface area contributed by atoms with Gasteiger partial charge in [0.2, 0.25) is 0 Å². The number of amides is 1. The predicted molar refractivity (Wildman–Crippen MR) is 87.4 cm³/mol. The maximum absolute atomic E-state index is 12.2. The van der Waals surface area contributed by atoms with Gasteiger partial charge in [-0.15, -0.1) is 0 Å². The van der Waals surface area contributed by atoms with Crippen molar-refractivity contribution in [1.29, 1.82) is 0 Å². The number of carbonyl (C=O) groups is 2. The highest BCUT2D eigenvalue weighted by atomic mass is 16.6. The Morgan fingerprint density at radius 2 is 1.79 bits per heavy atom. The van der Waals surface area contributed by atoms with Gasteiger partial charge < -0.3 is 15.8 Å². The van der Waals surface area contributed by atoms with Crippen LogP contribution in [0.5, 0.6) is 5.75 Å². The summed E-state index contributed by atoms with van der Waals surface area (Å²) in [6, 6.07) is 10.1. The molecule has 0 atom stereocenters. The lowest BCUT2D eigenvalue weighted by molar-refractivity contribution is -0.385. The summed E-state index contributed by atoms with van der Waals surface area (Å²) in [6.45, 7) is -0.0960. The number of hydrogen-bond acceptors (Lipinski definition) is 6. The zero-order valence-electron chi connectivity index (χ0n) is 12.8. The van der Waals surface area contributed by atoms with E-state index in [0.717, 1.165) is 6.07 Å². The second-order valence-corrected chi connectivity index (χ2v) is 4.80. The SMILES string of the molecule is COc1ccc(C(=O)Nc2ccc(C(=O)CN)cc2)cc1[N+](=O)[O-]. The van der Waals surface area contributed by atoms with Gasteiger partial charge in [0.05, 0.1) is 18.6 Å². The van der Waals surface area contributed by atoms with Crippen LogP contribution in [-0.2, 0) is 0 Å². The Kier molecular flexibility index (Phi) is 5.23. The van der Waals surface area contributed by atoms with E-state index in [1.807, 2.05) is 0 Å². The fourth-order valence-corrected chi connectivity index (χ4v) is 2.03. The van der Waals surface area contributed by atoms with Crippen LogP contribution in [0.25, 0.3) is 0 Å². The minimum atomic E-state index is -0.622. The highest BCUT2D eigenvalue weighted by Gasteiger charge is 2.18. The smallest absolute Gasteiger partial charge is 0.311 e. The van der Waals surface area contributed by atoms with Crippen molar-refractivity contribution in [2.45, 2.75) is 0 Å². The third kappa shape index (κ3) is 3.73. The van der Waals surface area contributed by atoms with Crippen molar-refractivity contribution >= 4 is 23.1 Å². The molecular weight excluding hydrogens is 314 g/mol. The molecule has 8 nitrogen and oxygen atoms in total. The summed E-state index contributed by atoms with van der Waals surface area (Å²) in [5.41, 5.74) is 5.99. The zero-order valence-corrected chi connectivity index (χ0v) is 12.8. The Morgan fingerprint density at radius 3 is 2.33 bits per heavy atom. The van der Waals surface area contributed by atoms with E-state index < -0.39 is 10.8 Å². The van der Waals surface area contributed by atoms with Crippen LogP contribution >= 0.6 is 0 Å². The molecule has 24 heavy (non-hydrogen) atoms. The van der Waals surface area contributed by atoms with Gasteiger partial charge >= 0.3 is 5.69 Å². The first-order valence-electron chi connectivity index (χ1n) is 6.93. The van der Waals surface area contributed by atoms with Gasteiger partial charge in [-0.25, -0.2) is 0 Å². The molecule has 0 spiro atoms. The van der Waals surface area contributed by atoms with Crippen LogP contribution in [0, 0.1) is 10.1 Å². The zero-order chi connectivity index (χ0) is 17.7. The molecule has 2 rings (SSSR count). The summed E-state index contributed by atoms with van der Waals surface area (Å²) in [5, 5.41) is 13.6. The number of anilines is 1. The second kappa shape index (κ2) is 7.34. The number of nitrogens with two attached hydrogens (primary N) is 1. The van der Waals surface area contributed by atoms with Crippen LogP contribution in [0.15, 0.2) is 42.5 Å². The number of nitro benzene ring substituents is 1. The van der Waals surface area contributed by atoms with Crippen LogP contribution in [0.1, 0.15) is 20.7 Å². The van der Waals surface area contributed by atoms with E-state index in [-0.39, 0.29) is 29.3 Å². The van der Waals surface area contributed by atoms with Crippen LogP contribution in [-0.4, -0.2) is 30.3 Å². The first-order valence-corrected chi connectivity index (χ1v) is 6.93. The molecule has 0 saturated carbocycles. The Morgan fingerprint density at radius 1 is 1.17 bits per heavy atom. The van der Waals surface area contributed by atoms with Gasteiger partial charge in [0.15, 0.2) is 11.5 Å². The second-order valence-electron chi connectivity index (χ2n) is 4.80. The molecule has 0 aromatic heterocycles. The molecule has 0 aliphatic rings. The number of nitro groups is 1. The molecular formula is C16H15N3O5. The van der Waals surface area contributed by atoms with Crippen molar-refractivity contribution in [3.8, 4) is 5.75 Å².